The third-order valence-corrected chi connectivity index (χ3v) is 9.47. The SMILES string of the molecule is O=C(NCCCC[C@H](NC(=O)OCC1c2ccccc2-c2ccccc21)/C(F)=C\[C@@H](CCCCNC(=O)OCc1ccccc1)C(=O)O)OCc1ccccc1. The van der Waals surface area contributed by atoms with Crippen LogP contribution in [0.4, 0.5) is 18.8 Å². The zero-order valence-electron chi connectivity index (χ0n) is 31.2. The number of amides is 3. The van der Waals surface area contributed by atoms with Gasteiger partial charge in [0.1, 0.15) is 25.6 Å². The quantitative estimate of drug-likeness (QED) is 0.0516. The van der Waals surface area contributed by atoms with Crippen LogP contribution < -0.4 is 16.0 Å². The van der Waals surface area contributed by atoms with E-state index in [4.69, 9.17) is 14.2 Å². The molecule has 0 radical (unpaired) electrons. The van der Waals surface area contributed by atoms with Crippen molar-refractivity contribution >= 4 is 24.2 Å². The number of carbonyl (C=O) groups is 4. The van der Waals surface area contributed by atoms with Gasteiger partial charge >= 0.3 is 24.2 Å². The maximum absolute atomic E-state index is 15.9. The van der Waals surface area contributed by atoms with Gasteiger partial charge in [0.05, 0.1) is 12.0 Å². The molecule has 0 unspecified atom stereocenters. The molecule has 4 aromatic carbocycles. The van der Waals surface area contributed by atoms with Crippen LogP contribution >= 0.6 is 0 Å². The molecule has 0 bridgehead atoms. The summed E-state index contributed by atoms with van der Waals surface area (Å²) >= 11 is 0. The van der Waals surface area contributed by atoms with Gasteiger partial charge < -0.3 is 35.3 Å². The van der Waals surface area contributed by atoms with Crippen LogP contribution in [0.25, 0.3) is 11.1 Å². The number of hydrogen-bond donors (Lipinski definition) is 4. The second kappa shape index (κ2) is 21.7. The largest absolute Gasteiger partial charge is 0.481 e. The van der Waals surface area contributed by atoms with Crippen molar-refractivity contribution in [2.75, 3.05) is 19.7 Å². The minimum atomic E-state index is -1.21. The zero-order chi connectivity index (χ0) is 39.5. The number of carbonyl (C=O) groups excluding carboxylic acids is 3. The Morgan fingerprint density at radius 1 is 0.625 bits per heavy atom. The smallest absolute Gasteiger partial charge is 0.407 e. The van der Waals surface area contributed by atoms with E-state index in [-0.39, 0.29) is 51.7 Å². The van der Waals surface area contributed by atoms with Crippen LogP contribution in [0.2, 0.25) is 0 Å². The first-order valence-corrected chi connectivity index (χ1v) is 18.9. The van der Waals surface area contributed by atoms with Crippen molar-refractivity contribution in [1.82, 2.24) is 16.0 Å². The lowest BCUT2D eigenvalue weighted by Gasteiger charge is -2.20. The van der Waals surface area contributed by atoms with Gasteiger partial charge in [0.2, 0.25) is 0 Å². The van der Waals surface area contributed by atoms with Crippen molar-refractivity contribution in [2.45, 2.75) is 63.7 Å². The van der Waals surface area contributed by atoms with E-state index in [1.165, 1.54) is 0 Å². The van der Waals surface area contributed by atoms with E-state index in [0.717, 1.165) is 39.5 Å². The van der Waals surface area contributed by atoms with Gasteiger partial charge in [-0.3, -0.25) is 4.79 Å². The molecule has 4 N–H and O–H groups in total. The van der Waals surface area contributed by atoms with E-state index in [1.54, 1.807) is 0 Å². The summed E-state index contributed by atoms with van der Waals surface area (Å²) in [6.07, 6.45) is 0.909. The summed E-state index contributed by atoms with van der Waals surface area (Å²) in [5.74, 6) is -3.39. The fraction of sp³-hybridized carbons (Fsp3) is 0.318. The highest BCUT2D eigenvalue weighted by Gasteiger charge is 2.30. The summed E-state index contributed by atoms with van der Waals surface area (Å²) < 4.78 is 32.0. The predicted molar refractivity (Wildman–Crippen MR) is 209 cm³/mol. The summed E-state index contributed by atoms with van der Waals surface area (Å²) in [7, 11) is 0. The van der Waals surface area contributed by atoms with Crippen LogP contribution in [0.1, 0.15) is 66.7 Å². The topological polar surface area (TPSA) is 152 Å². The Labute approximate surface area is 326 Å². The van der Waals surface area contributed by atoms with Crippen molar-refractivity contribution in [3.63, 3.8) is 0 Å². The van der Waals surface area contributed by atoms with E-state index in [1.807, 2.05) is 109 Å². The minimum Gasteiger partial charge on any atom is -0.481 e. The van der Waals surface area contributed by atoms with Gasteiger partial charge in [-0.25, -0.2) is 18.8 Å². The average molecular weight is 766 g/mol. The van der Waals surface area contributed by atoms with Gasteiger partial charge in [0.25, 0.3) is 0 Å². The number of carboxylic acid groups (broad SMARTS) is 1. The predicted octanol–water partition coefficient (Wildman–Crippen LogP) is 8.64. The molecule has 0 aromatic heterocycles. The normalized spacial score (nSPS) is 13.1. The third kappa shape index (κ3) is 12.7. The van der Waals surface area contributed by atoms with Crippen LogP contribution in [0.5, 0.6) is 0 Å². The number of fused-ring (bicyclic) bond motifs is 3. The number of ether oxygens (including phenoxy) is 3. The Balaban J connectivity index is 1.13. The lowest BCUT2D eigenvalue weighted by atomic mass is 9.98. The standard InChI is InChI=1S/C44H48FN3O8/c45-39(27-33(41(49)50)19-11-13-25-46-42(51)54-28-31-15-3-1-4-16-31)40(24-12-14-26-47-43(52)55-29-32-17-5-2-6-18-32)48-44(53)56-30-38-36-22-9-7-20-34(36)35-21-8-10-23-37(35)38/h1-10,15-18,20-23,27,33,38,40H,11-14,19,24-26,28-30H2,(H,46,51)(H,47,52)(H,48,53)(H,49,50)/b39-27+/t33-,40+/m1/s1. The molecule has 0 fully saturated rings. The Morgan fingerprint density at radius 3 is 1.62 bits per heavy atom. The van der Waals surface area contributed by atoms with E-state index >= 15 is 4.39 Å². The lowest BCUT2D eigenvalue weighted by Crippen LogP contribution is -2.37. The molecule has 5 rings (SSSR count). The molecule has 0 aliphatic heterocycles. The fourth-order valence-corrected chi connectivity index (χ4v) is 6.54. The first-order chi connectivity index (χ1) is 27.3. The van der Waals surface area contributed by atoms with Crippen LogP contribution in [-0.2, 0) is 32.2 Å². The van der Waals surface area contributed by atoms with Crippen LogP contribution in [0.15, 0.2) is 121 Å². The highest BCUT2D eigenvalue weighted by molar-refractivity contribution is 5.79. The van der Waals surface area contributed by atoms with Crippen molar-refractivity contribution in [3.8, 4) is 11.1 Å². The number of carboxylic acids is 1. The zero-order valence-corrected chi connectivity index (χ0v) is 31.2. The molecular formula is C44H48FN3O8. The average Bonchev–Trinajstić information content (AvgIpc) is 3.54. The number of unbranched alkanes of at least 4 members (excludes halogenated alkanes) is 2. The van der Waals surface area contributed by atoms with Crippen LogP contribution in [-0.4, -0.2) is 55.1 Å². The number of halogens is 1. The van der Waals surface area contributed by atoms with Gasteiger partial charge in [0, 0.05) is 19.0 Å². The number of benzene rings is 4. The molecule has 4 aromatic rings. The third-order valence-electron chi connectivity index (χ3n) is 9.47. The Kier molecular flexibility index (Phi) is 15.9. The summed E-state index contributed by atoms with van der Waals surface area (Å²) in [5.41, 5.74) is 5.90. The number of aliphatic carboxylic acids is 1. The van der Waals surface area contributed by atoms with E-state index < -0.39 is 42.0 Å². The lowest BCUT2D eigenvalue weighted by molar-refractivity contribution is -0.140. The summed E-state index contributed by atoms with van der Waals surface area (Å²) in [4.78, 5) is 49.6. The maximum Gasteiger partial charge on any atom is 0.407 e. The van der Waals surface area contributed by atoms with Crippen molar-refractivity contribution in [2.24, 2.45) is 5.92 Å². The first kappa shape index (κ1) is 41.0. The van der Waals surface area contributed by atoms with Gasteiger partial charge in [0.15, 0.2) is 0 Å². The maximum atomic E-state index is 15.9. The molecule has 0 heterocycles. The highest BCUT2D eigenvalue weighted by atomic mass is 19.1. The molecule has 1 aliphatic rings. The minimum absolute atomic E-state index is 0.0263. The monoisotopic (exact) mass is 765 g/mol. The second-order valence-electron chi connectivity index (χ2n) is 13.5. The molecule has 56 heavy (non-hydrogen) atoms. The van der Waals surface area contributed by atoms with E-state index in [9.17, 15) is 24.3 Å². The molecule has 12 heteroatoms. The molecular weight excluding hydrogens is 717 g/mol. The molecule has 0 saturated heterocycles. The molecule has 11 nitrogen and oxygen atoms in total. The fourth-order valence-electron chi connectivity index (χ4n) is 6.54. The van der Waals surface area contributed by atoms with Crippen molar-refractivity contribution < 1.29 is 42.9 Å². The molecule has 294 valence electrons. The second-order valence-corrected chi connectivity index (χ2v) is 13.5. The number of alkyl carbamates (subject to hydrolysis) is 3. The van der Waals surface area contributed by atoms with Crippen LogP contribution in [0.3, 0.4) is 0 Å². The van der Waals surface area contributed by atoms with Gasteiger partial charge in [-0.15, -0.1) is 0 Å². The summed E-state index contributed by atoms with van der Waals surface area (Å²) in [6.45, 7) is 0.783. The van der Waals surface area contributed by atoms with Crippen molar-refractivity contribution in [3.05, 3.63) is 143 Å². The van der Waals surface area contributed by atoms with Gasteiger partial charge in [-0.1, -0.05) is 116 Å². The van der Waals surface area contributed by atoms with E-state index in [0.29, 0.717) is 25.7 Å². The molecule has 0 saturated carbocycles. The number of hydrogen-bond acceptors (Lipinski definition) is 7. The summed E-state index contributed by atoms with van der Waals surface area (Å²) in [5, 5.41) is 17.9. The summed E-state index contributed by atoms with van der Waals surface area (Å²) in [6, 6.07) is 33.2. The molecule has 2 atom stereocenters. The Hall–Kier alpha value is -6.17. The Morgan fingerprint density at radius 2 is 1.11 bits per heavy atom. The van der Waals surface area contributed by atoms with Crippen molar-refractivity contribution in [1.29, 1.82) is 0 Å². The van der Waals surface area contributed by atoms with Crippen LogP contribution in [0, 0.1) is 5.92 Å². The Bertz CT molecular complexity index is 1880. The number of rotatable bonds is 20. The first-order valence-electron chi connectivity index (χ1n) is 18.9. The highest BCUT2D eigenvalue weighted by Crippen LogP contribution is 2.44. The molecule has 1 aliphatic carbocycles. The number of nitrogens with one attached hydrogen (secondary N) is 3. The van der Waals surface area contributed by atoms with E-state index in [2.05, 4.69) is 16.0 Å². The van der Waals surface area contributed by atoms with Gasteiger partial charge in [-0.05, 0) is 71.6 Å². The molecule has 0 spiro atoms. The molecule has 3 amide bonds. The van der Waals surface area contributed by atoms with Gasteiger partial charge in [-0.2, -0.15) is 0 Å².